The maximum absolute atomic E-state index is 12.1. The van der Waals surface area contributed by atoms with E-state index in [9.17, 15) is 9.59 Å². The molecule has 0 unspecified atom stereocenters. The van der Waals surface area contributed by atoms with Gasteiger partial charge in [0.25, 0.3) is 5.91 Å². The van der Waals surface area contributed by atoms with Crippen LogP contribution in [0.15, 0.2) is 34.7 Å². The van der Waals surface area contributed by atoms with Crippen molar-refractivity contribution in [1.82, 2.24) is 0 Å². The third-order valence-electron chi connectivity index (χ3n) is 3.20. The number of benzene rings is 1. The molecule has 0 radical (unpaired) electrons. The summed E-state index contributed by atoms with van der Waals surface area (Å²) in [7, 11) is 0. The van der Waals surface area contributed by atoms with Gasteiger partial charge >= 0.3 is 5.97 Å². The third kappa shape index (κ3) is 3.75. The molecule has 22 heavy (non-hydrogen) atoms. The average molecular weight is 301 g/mol. The highest BCUT2D eigenvalue weighted by Gasteiger charge is 2.22. The van der Waals surface area contributed by atoms with Crippen molar-refractivity contribution in [2.45, 2.75) is 33.8 Å². The maximum Gasteiger partial charge on any atom is 0.342 e. The lowest BCUT2D eigenvalue weighted by atomic mass is 10.2. The van der Waals surface area contributed by atoms with Crippen molar-refractivity contribution in [1.29, 1.82) is 0 Å². The van der Waals surface area contributed by atoms with Crippen molar-refractivity contribution >= 4 is 17.6 Å². The molecule has 5 nitrogen and oxygen atoms in total. The predicted octanol–water partition coefficient (Wildman–Crippen LogP) is 3.39. The molecule has 1 atom stereocenters. The fraction of sp³-hybridized carbons (Fsp3) is 0.294. The van der Waals surface area contributed by atoms with Crippen LogP contribution in [0.1, 0.15) is 34.4 Å². The summed E-state index contributed by atoms with van der Waals surface area (Å²) in [5.41, 5.74) is 2.04. The van der Waals surface area contributed by atoms with Crippen LogP contribution in [0.2, 0.25) is 0 Å². The Morgan fingerprint density at radius 1 is 1.18 bits per heavy atom. The van der Waals surface area contributed by atoms with E-state index < -0.39 is 12.1 Å². The fourth-order valence-corrected chi connectivity index (χ4v) is 2.08. The number of aryl methyl sites for hydroxylation is 3. The second-order valence-electron chi connectivity index (χ2n) is 5.23. The molecule has 1 heterocycles. The Balaban J connectivity index is 1.99. The van der Waals surface area contributed by atoms with Gasteiger partial charge < -0.3 is 14.5 Å². The fourth-order valence-electron chi connectivity index (χ4n) is 2.08. The summed E-state index contributed by atoms with van der Waals surface area (Å²) in [6, 6.07) is 9.00. The summed E-state index contributed by atoms with van der Waals surface area (Å²) >= 11 is 0. The van der Waals surface area contributed by atoms with E-state index in [1.807, 2.05) is 25.1 Å². The molecule has 1 N–H and O–H groups in total. The van der Waals surface area contributed by atoms with Crippen molar-refractivity contribution in [3.63, 3.8) is 0 Å². The van der Waals surface area contributed by atoms with Crippen molar-refractivity contribution in [2.75, 3.05) is 5.32 Å². The quantitative estimate of drug-likeness (QED) is 0.879. The standard InChI is InChI=1S/C17H19NO4/c1-10-6-5-7-14(8-10)18-16(19)13(4)22-17(20)15-9-11(2)21-12(15)3/h5-9,13H,1-4H3,(H,18,19)/t13-/m1/s1. The van der Waals surface area contributed by atoms with Crippen LogP contribution in [0.25, 0.3) is 0 Å². The largest absolute Gasteiger partial charge is 0.466 e. The zero-order valence-corrected chi connectivity index (χ0v) is 13.1. The molecule has 5 heteroatoms. The van der Waals surface area contributed by atoms with Crippen molar-refractivity contribution in [2.24, 2.45) is 0 Å². The van der Waals surface area contributed by atoms with Crippen LogP contribution < -0.4 is 5.32 Å². The summed E-state index contributed by atoms with van der Waals surface area (Å²) in [4.78, 5) is 24.1. The third-order valence-corrected chi connectivity index (χ3v) is 3.20. The Morgan fingerprint density at radius 3 is 2.50 bits per heavy atom. The molecule has 0 bridgehead atoms. The Hall–Kier alpha value is -2.56. The SMILES string of the molecule is Cc1cccc(NC(=O)[C@@H](C)OC(=O)c2cc(C)oc2C)c1. The van der Waals surface area contributed by atoms with Gasteiger partial charge in [0.15, 0.2) is 6.10 Å². The Labute approximate surface area is 129 Å². The Morgan fingerprint density at radius 2 is 1.91 bits per heavy atom. The summed E-state index contributed by atoms with van der Waals surface area (Å²) in [5, 5.41) is 2.72. The van der Waals surface area contributed by atoms with E-state index in [-0.39, 0.29) is 5.91 Å². The molecule has 0 aliphatic carbocycles. The number of rotatable bonds is 4. The van der Waals surface area contributed by atoms with Crippen LogP contribution >= 0.6 is 0 Å². The number of ether oxygens (including phenoxy) is 1. The average Bonchev–Trinajstić information content (AvgIpc) is 2.77. The topological polar surface area (TPSA) is 68.5 Å². The molecule has 2 aromatic rings. The van der Waals surface area contributed by atoms with Gasteiger partial charge in [-0.15, -0.1) is 0 Å². The van der Waals surface area contributed by atoms with Gasteiger partial charge in [0.1, 0.15) is 17.1 Å². The molecule has 2 rings (SSSR count). The van der Waals surface area contributed by atoms with Crippen LogP contribution in [0.5, 0.6) is 0 Å². The number of esters is 1. The highest BCUT2D eigenvalue weighted by Crippen LogP contribution is 2.16. The van der Waals surface area contributed by atoms with E-state index in [4.69, 9.17) is 9.15 Å². The minimum atomic E-state index is -0.900. The van der Waals surface area contributed by atoms with Crippen LogP contribution in [-0.4, -0.2) is 18.0 Å². The Bertz CT molecular complexity index is 702. The van der Waals surface area contributed by atoms with E-state index in [0.717, 1.165) is 5.56 Å². The summed E-state index contributed by atoms with van der Waals surface area (Å²) < 4.78 is 10.5. The highest BCUT2D eigenvalue weighted by molar-refractivity contribution is 5.97. The maximum atomic E-state index is 12.1. The number of carbonyl (C=O) groups is 2. The van der Waals surface area contributed by atoms with Gasteiger partial charge in [-0.1, -0.05) is 12.1 Å². The number of hydrogen-bond donors (Lipinski definition) is 1. The van der Waals surface area contributed by atoms with E-state index in [2.05, 4.69) is 5.32 Å². The second-order valence-corrected chi connectivity index (χ2v) is 5.23. The van der Waals surface area contributed by atoms with Crippen molar-refractivity contribution < 1.29 is 18.7 Å². The minimum Gasteiger partial charge on any atom is -0.466 e. The smallest absolute Gasteiger partial charge is 0.342 e. The number of nitrogens with one attached hydrogen (secondary N) is 1. The van der Waals surface area contributed by atoms with Gasteiger partial charge in [-0.05, 0) is 51.5 Å². The van der Waals surface area contributed by atoms with Gasteiger partial charge in [0.2, 0.25) is 0 Å². The zero-order chi connectivity index (χ0) is 16.3. The first-order chi connectivity index (χ1) is 10.4. The minimum absolute atomic E-state index is 0.340. The molecular formula is C17H19NO4. The number of furan rings is 1. The molecule has 0 saturated carbocycles. The first kappa shape index (κ1) is 15.8. The van der Waals surface area contributed by atoms with Crippen molar-refractivity contribution in [3.8, 4) is 0 Å². The molecule has 0 fully saturated rings. The monoisotopic (exact) mass is 301 g/mol. The highest BCUT2D eigenvalue weighted by atomic mass is 16.5. The van der Waals surface area contributed by atoms with Gasteiger partial charge in [-0.25, -0.2) is 4.79 Å². The van der Waals surface area contributed by atoms with E-state index >= 15 is 0 Å². The molecule has 0 aliphatic rings. The van der Waals surface area contributed by atoms with E-state index in [1.54, 1.807) is 26.0 Å². The normalized spacial score (nSPS) is 11.8. The number of carbonyl (C=O) groups excluding carboxylic acids is 2. The second kappa shape index (κ2) is 6.47. The molecule has 116 valence electrons. The van der Waals surface area contributed by atoms with Crippen LogP contribution in [0.3, 0.4) is 0 Å². The lowest BCUT2D eigenvalue weighted by Crippen LogP contribution is -2.30. The molecule has 1 amide bonds. The number of anilines is 1. The Kier molecular flexibility index (Phi) is 4.65. The van der Waals surface area contributed by atoms with Crippen molar-refractivity contribution in [3.05, 3.63) is 53.0 Å². The molecule has 0 saturated heterocycles. The molecule has 0 spiro atoms. The predicted molar refractivity (Wildman–Crippen MR) is 82.9 cm³/mol. The molecule has 1 aromatic heterocycles. The van der Waals surface area contributed by atoms with Crippen LogP contribution in [0, 0.1) is 20.8 Å². The van der Waals surface area contributed by atoms with Crippen LogP contribution in [0.4, 0.5) is 5.69 Å². The lowest BCUT2D eigenvalue weighted by Gasteiger charge is -2.13. The van der Waals surface area contributed by atoms with Gasteiger partial charge in [-0.3, -0.25) is 4.79 Å². The van der Waals surface area contributed by atoms with Gasteiger partial charge in [0.05, 0.1) is 0 Å². The first-order valence-electron chi connectivity index (χ1n) is 7.02. The summed E-state index contributed by atoms with van der Waals surface area (Å²) in [6.45, 7) is 6.90. The van der Waals surface area contributed by atoms with E-state index in [0.29, 0.717) is 22.8 Å². The number of amides is 1. The van der Waals surface area contributed by atoms with E-state index in [1.165, 1.54) is 6.92 Å². The molecular weight excluding hydrogens is 282 g/mol. The van der Waals surface area contributed by atoms with Gasteiger partial charge in [-0.2, -0.15) is 0 Å². The van der Waals surface area contributed by atoms with Crippen LogP contribution in [-0.2, 0) is 9.53 Å². The molecule has 1 aromatic carbocycles. The first-order valence-corrected chi connectivity index (χ1v) is 7.02. The molecule has 0 aliphatic heterocycles. The summed E-state index contributed by atoms with van der Waals surface area (Å²) in [5.74, 6) is 0.160. The lowest BCUT2D eigenvalue weighted by molar-refractivity contribution is -0.123. The summed E-state index contributed by atoms with van der Waals surface area (Å²) in [6.07, 6.45) is -0.900. The van der Waals surface area contributed by atoms with Gasteiger partial charge in [0, 0.05) is 5.69 Å². The number of hydrogen-bond acceptors (Lipinski definition) is 4. The zero-order valence-electron chi connectivity index (χ0n) is 13.1.